The summed E-state index contributed by atoms with van der Waals surface area (Å²) in [5, 5.41) is 0. The number of ether oxygens (including phenoxy) is 2. The maximum atomic E-state index is 5.90. The van der Waals surface area contributed by atoms with Crippen LogP contribution in [0.5, 0.6) is 0 Å². The molecule has 1 aliphatic carbocycles. The van der Waals surface area contributed by atoms with E-state index in [1.807, 2.05) is 6.07 Å². The van der Waals surface area contributed by atoms with Crippen LogP contribution in [0.4, 0.5) is 0 Å². The molecule has 0 heterocycles. The van der Waals surface area contributed by atoms with Gasteiger partial charge in [-0.2, -0.15) is 0 Å². The van der Waals surface area contributed by atoms with E-state index in [1.165, 1.54) is 23.1 Å². The van der Waals surface area contributed by atoms with Crippen LogP contribution in [0.3, 0.4) is 0 Å². The van der Waals surface area contributed by atoms with E-state index in [0.29, 0.717) is 13.2 Å². The summed E-state index contributed by atoms with van der Waals surface area (Å²) in [6, 6.07) is 19.1. The maximum absolute atomic E-state index is 5.90. The van der Waals surface area contributed by atoms with Crippen molar-refractivity contribution in [1.82, 2.24) is 0 Å². The van der Waals surface area contributed by atoms with Gasteiger partial charge in [0.25, 0.3) is 0 Å². The Morgan fingerprint density at radius 2 is 1.59 bits per heavy atom. The van der Waals surface area contributed by atoms with Crippen LogP contribution in [-0.2, 0) is 16.1 Å². The molecule has 0 amide bonds. The van der Waals surface area contributed by atoms with Gasteiger partial charge in [0, 0.05) is 6.61 Å². The Hall–Kier alpha value is -1.64. The van der Waals surface area contributed by atoms with E-state index in [2.05, 4.69) is 55.5 Å². The lowest BCUT2D eigenvalue weighted by Crippen LogP contribution is -2.44. The van der Waals surface area contributed by atoms with Crippen molar-refractivity contribution in [3.63, 3.8) is 0 Å². The Morgan fingerprint density at radius 1 is 0.909 bits per heavy atom. The molecule has 2 aromatic carbocycles. The van der Waals surface area contributed by atoms with Crippen molar-refractivity contribution in [2.24, 2.45) is 0 Å². The fourth-order valence-electron chi connectivity index (χ4n) is 2.99. The summed E-state index contributed by atoms with van der Waals surface area (Å²) in [6.07, 6.45) is 3.52. The zero-order valence-electron chi connectivity index (χ0n) is 13.3. The molecule has 1 aliphatic rings. The van der Waals surface area contributed by atoms with Gasteiger partial charge < -0.3 is 9.47 Å². The first-order chi connectivity index (χ1) is 10.8. The van der Waals surface area contributed by atoms with Crippen LogP contribution in [0.2, 0.25) is 0 Å². The predicted octanol–water partition coefficient (Wildman–Crippen LogP) is 4.83. The van der Waals surface area contributed by atoms with Crippen LogP contribution in [0.1, 0.15) is 31.7 Å². The molecule has 22 heavy (non-hydrogen) atoms. The molecule has 2 aromatic rings. The molecule has 116 valence electrons. The smallest absolute Gasteiger partial charge is 0.0914 e. The molecule has 0 N–H and O–H groups in total. The van der Waals surface area contributed by atoms with Gasteiger partial charge in [0.05, 0.1) is 18.8 Å². The zero-order valence-corrected chi connectivity index (χ0v) is 13.3. The summed E-state index contributed by atoms with van der Waals surface area (Å²) in [5.74, 6) is 0. The van der Waals surface area contributed by atoms with Gasteiger partial charge in [-0.1, -0.05) is 54.6 Å². The summed E-state index contributed by atoms with van der Waals surface area (Å²) in [4.78, 5) is 0. The molecular formula is C20H24O2. The molecule has 0 radical (unpaired) electrons. The van der Waals surface area contributed by atoms with E-state index in [0.717, 1.165) is 19.4 Å². The fraction of sp³-hybridized carbons (Fsp3) is 0.400. The highest BCUT2D eigenvalue weighted by atomic mass is 16.5. The average molecular weight is 296 g/mol. The van der Waals surface area contributed by atoms with Crippen LogP contribution < -0.4 is 0 Å². The molecule has 2 nitrogen and oxygen atoms in total. The van der Waals surface area contributed by atoms with E-state index >= 15 is 0 Å². The van der Waals surface area contributed by atoms with E-state index in [-0.39, 0.29) is 5.60 Å². The molecule has 1 saturated carbocycles. The van der Waals surface area contributed by atoms with Crippen LogP contribution in [0.25, 0.3) is 11.1 Å². The molecule has 0 atom stereocenters. The number of rotatable bonds is 7. The summed E-state index contributed by atoms with van der Waals surface area (Å²) >= 11 is 0. The molecule has 3 rings (SSSR count). The van der Waals surface area contributed by atoms with Crippen molar-refractivity contribution in [3.8, 4) is 11.1 Å². The molecule has 0 aliphatic heterocycles. The maximum Gasteiger partial charge on any atom is 0.0914 e. The minimum atomic E-state index is -0.00126. The Morgan fingerprint density at radius 3 is 2.18 bits per heavy atom. The Kier molecular flexibility index (Phi) is 4.91. The first-order valence-corrected chi connectivity index (χ1v) is 8.17. The van der Waals surface area contributed by atoms with Gasteiger partial charge in [0.1, 0.15) is 0 Å². The molecular weight excluding hydrogens is 272 g/mol. The molecule has 1 fully saturated rings. The minimum Gasteiger partial charge on any atom is -0.374 e. The number of benzene rings is 2. The van der Waals surface area contributed by atoms with Gasteiger partial charge >= 0.3 is 0 Å². The van der Waals surface area contributed by atoms with E-state index in [4.69, 9.17) is 9.47 Å². The number of hydrogen-bond acceptors (Lipinski definition) is 2. The standard InChI is InChI=1S/C20H24O2/c1-2-22-20(13-6-14-20)16-21-15-17-9-11-19(12-10-17)18-7-4-3-5-8-18/h3-5,7-12H,2,6,13-16H2,1H3. The van der Waals surface area contributed by atoms with Gasteiger partial charge in [-0.25, -0.2) is 0 Å². The number of hydrogen-bond donors (Lipinski definition) is 0. The second-order valence-corrected chi connectivity index (χ2v) is 6.03. The Balaban J connectivity index is 1.53. The van der Waals surface area contributed by atoms with Crippen molar-refractivity contribution in [2.75, 3.05) is 13.2 Å². The molecule has 0 aromatic heterocycles. The second kappa shape index (κ2) is 7.08. The zero-order chi connectivity index (χ0) is 15.3. The van der Waals surface area contributed by atoms with Crippen molar-refractivity contribution in [3.05, 3.63) is 60.2 Å². The van der Waals surface area contributed by atoms with E-state index < -0.39 is 0 Å². The SMILES string of the molecule is CCOC1(COCc2ccc(-c3ccccc3)cc2)CCC1. The third-order valence-electron chi connectivity index (χ3n) is 4.41. The lowest BCUT2D eigenvalue weighted by atomic mass is 9.80. The monoisotopic (exact) mass is 296 g/mol. The van der Waals surface area contributed by atoms with Crippen molar-refractivity contribution in [2.45, 2.75) is 38.4 Å². The average Bonchev–Trinajstić information content (AvgIpc) is 2.54. The lowest BCUT2D eigenvalue weighted by molar-refractivity contribution is -0.141. The lowest BCUT2D eigenvalue weighted by Gasteiger charge is -2.41. The second-order valence-electron chi connectivity index (χ2n) is 6.03. The molecule has 0 saturated heterocycles. The van der Waals surface area contributed by atoms with Gasteiger partial charge in [0.2, 0.25) is 0 Å². The molecule has 2 heteroatoms. The highest BCUT2D eigenvalue weighted by Crippen LogP contribution is 2.36. The molecule has 0 bridgehead atoms. The quantitative estimate of drug-likeness (QED) is 0.728. The van der Waals surface area contributed by atoms with Crippen LogP contribution in [-0.4, -0.2) is 18.8 Å². The van der Waals surface area contributed by atoms with Crippen molar-refractivity contribution < 1.29 is 9.47 Å². The van der Waals surface area contributed by atoms with Crippen LogP contribution in [0.15, 0.2) is 54.6 Å². The van der Waals surface area contributed by atoms with Crippen LogP contribution in [0, 0.1) is 0 Å². The third kappa shape index (κ3) is 3.57. The van der Waals surface area contributed by atoms with Crippen molar-refractivity contribution in [1.29, 1.82) is 0 Å². The van der Waals surface area contributed by atoms with Crippen molar-refractivity contribution >= 4 is 0 Å². The topological polar surface area (TPSA) is 18.5 Å². The fourth-order valence-corrected chi connectivity index (χ4v) is 2.99. The first kappa shape index (κ1) is 15.3. The van der Waals surface area contributed by atoms with Crippen LogP contribution >= 0.6 is 0 Å². The summed E-state index contributed by atoms with van der Waals surface area (Å²) in [7, 11) is 0. The van der Waals surface area contributed by atoms with Gasteiger partial charge in [-0.3, -0.25) is 0 Å². The van der Waals surface area contributed by atoms with Gasteiger partial charge in [-0.05, 0) is 42.9 Å². The Labute approximate surface area is 133 Å². The first-order valence-electron chi connectivity index (χ1n) is 8.17. The predicted molar refractivity (Wildman–Crippen MR) is 89.7 cm³/mol. The molecule has 0 unspecified atom stereocenters. The van der Waals surface area contributed by atoms with E-state index in [1.54, 1.807) is 0 Å². The Bertz CT molecular complexity index is 570. The summed E-state index contributed by atoms with van der Waals surface area (Å²) in [5.41, 5.74) is 3.71. The minimum absolute atomic E-state index is 0.00126. The van der Waals surface area contributed by atoms with Gasteiger partial charge in [0.15, 0.2) is 0 Å². The molecule has 0 spiro atoms. The third-order valence-corrected chi connectivity index (χ3v) is 4.41. The van der Waals surface area contributed by atoms with Gasteiger partial charge in [-0.15, -0.1) is 0 Å². The summed E-state index contributed by atoms with van der Waals surface area (Å²) in [6.45, 7) is 4.20. The summed E-state index contributed by atoms with van der Waals surface area (Å²) < 4.78 is 11.8. The highest BCUT2D eigenvalue weighted by molar-refractivity contribution is 5.63. The highest BCUT2D eigenvalue weighted by Gasteiger charge is 2.37. The van der Waals surface area contributed by atoms with E-state index in [9.17, 15) is 0 Å². The largest absolute Gasteiger partial charge is 0.374 e. The normalized spacial score (nSPS) is 16.2.